The van der Waals surface area contributed by atoms with Crippen LogP contribution in [0.1, 0.15) is 20.3 Å². The molecular weight excluding hydrogens is 216 g/mol. The van der Waals surface area contributed by atoms with E-state index in [0.717, 1.165) is 18.6 Å². The Hall–Kier alpha value is -1.40. The molecule has 94 valence electrons. The van der Waals surface area contributed by atoms with E-state index in [9.17, 15) is 9.59 Å². The largest absolute Gasteiger partial charge is 0.478 e. The average molecular weight is 234 g/mol. The molecule has 6 heteroatoms. The lowest BCUT2D eigenvalue weighted by Gasteiger charge is -1.95. The van der Waals surface area contributed by atoms with Crippen molar-refractivity contribution in [3.8, 4) is 0 Å². The summed E-state index contributed by atoms with van der Waals surface area (Å²) in [6.45, 7) is 3.57. The Labute approximate surface area is 94.2 Å². The van der Waals surface area contributed by atoms with Crippen molar-refractivity contribution >= 4 is 11.9 Å². The quantitative estimate of drug-likeness (QED) is 0.454. The highest BCUT2D eigenvalue weighted by atomic mass is 16.5. The molecule has 0 amide bonds. The second-order valence-electron chi connectivity index (χ2n) is 2.87. The molecule has 0 bridgehead atoms. The van der Waals surface area contributed by atoms with Crippen LogP contribution in [0.4, 0.5) is 0 Å². The van der Waals surface area contributed by atoms with Crippen molar-refractivity contribution in [3.63, 3.8) is 0 Å². The van der Waals surface area contributed by atoms with E-state index in [-0.39, 0.29) is 6.61 Å². The minimum absolute atomic E-state index is 0.139. The van der Waals surface area contributed by atoms with Crippen LogP contribution in [0.25, 0.3) is 0 Å². The van der Waals surface area contributed by atoms with Gasteiger partial charge in [-0.05, 0) is 13.3 Å². The molecule has 0 rings (SSSR count). The van der Waals surface area contributed by atoms with Crippen LogP contribution in [-0.2, 0) is 14.3 Å². The lowest BCUT2D eigenvalue weighted by atomic mass is 10.5. The molecule has 6 nitrogen and oxygen atoms in total. The van der Waals surface area contributed by atoms with Gasteiger partial charge >= 0.3 is 11.9 Å². The average Bonchev–Trinajstić information content (AvgIpc) is 2.24. The molecule has 1 atom stereocenters. The highest BCUT2D eigenvalue weighted by Crippen LogP contribution is 1.84. The van der Waals surface area contributed by atoms with Gasteiger partial charge in [-0.3, -0.25) is 0 Å². The highest BCUT2D eigenvalue weighted by molar-refractivity contribution is 5.90. The maximum atomic E-state index is 10.5. The number of aliphatic carboxylic acids is 1. The van der Waals surface area contributed by atoms with Crippen molar-refractivity contribution in [2.75, 3.05) is 13.2 Å². The fourth-order valence-electron chi connectivity index (χ4n) is 0.390. The Bertz CT molecular complexity index is 221. The van der Waals surface area contributed by atoms with Crippen LogP contribution in [0.2, 0.25) is 0 Å². The summed E-state index contributed by atoms with van der Waals surface area (Å²) < 4.78 is 4.55. The lowest BCUT2D eigenvalue weighted by Crippen LogP contribution is -2.03. The molecule has 0 spiro atoms. The molecule has 0 radical (unpaired) electrons. The first kappa shape index (κ1) is 17.0. The minimum Gasteiger partial charge on any atom is -0.478 e. The van der Waals surface area contributed by atoms with Crippen LogP contribution < -0.4 is 0 Å². The fraction of sp³-hybridized carbons (Fsp3) is 0.600. The van der Waals surface area contributed by atoms with E-state index < -0.39 is 18.0 Å². The molecule has 0 aromatic heterocycles. The lowest BCUT2D eigenvalue weighted by molar-refractivity contribution is -0.138. The van der Waals surface area contributed by atoms with E-state index in [1.165, 1.54) is 6.92 Å². The summed E-state index contributed by atoms with van der Waals surface area (Å²) in [5, 5.41) is 24.1. The van der Waals surface area contributed by atoms with E-state index in [4.69, 9.17) is 15.3 Å². The number of carbonyl (C=O) groups is 2. The van der Waals surface area contributed by atoms with Crippen molar-refractivity contribution < 1.29 is 29.6 Å². The van der Waals surface area contributed by atoms with Gasteiger partial charge in [-0.15, -0.1) is 0 Å². The number of carboxylic acids is 1. The van der Waals surface area contributed by atoms with E-state index in [2.05, 4.69) is 4.74 Å². The first-order valence-corrected chi connectivity index (χ1v) is 4.80. The highest BCUT2D eigenvalue weighted by Gasteiger charge is 1.95. The SMILES string of the molecule is CC(O)CO.CCCOC(=O)/C=C\C(=O)O. The van der Waals surface area contributed by atoms with E-state index in [1.807, 2.05) is 6.92 Å². The Morgan fingerprint density at radius 1 is 1.38 bits per heavy atom. The maximum Gasteiger partial charge on any atom is 0.331 e. The molecule has 16 heavy (non-hydrogen) atoms. The molecule has 0 saturated heterocycles. The van der Waals surface area contributed by atoms with Gasteiger partial charge < -0.3 is 20.1 Å². The molecule has 0 aliphatic rings. The molecule has 0 aromatic rings. The molecule has 0 heterocycles. The monoisotopic (exact) mass is 234 g/mol. The second-order valence-corrected chi connectivity index (χ2v) is 2.87. The number of ether oxygens (including phenoxy) is 1. The van der Waals surface area contributed by atoms with Gasteiger partial charge in [-0.25, -0.2) is 9.59 Å². The van der Waals surface area contributed by atoms with Crippen LogP contribution in [0.3, 0.4) is 0 Å². The van der Waals surface area contributed by atoms with Crippen LogP contribution in [-0.4, -0.2) is 46.6 Å². The smallest absolute Gasteiger partial charge is 0.331 e. The van der Waals surface area contributed by atoms with Gasteiger partial charge in [0.1, 0.15) is 0 Å². The molecular formula is C10H18O6. The molecule has 0 aliphatic heterocycles. The van der Waals surface area contributed by atoms with E-state index in [1.54, 1.807) is 0 Å². The summed E-state index contributed by atoms with van der Waals surface area (Å²) in [4.78, 5) is 20.4. The number of carbonyl (C=O) groups excluding carboxylic acids is 1. The van der Waals surface area contributed by atoms with Gasteiger partial charge in [0.25, 0.3) is 0 Å². The number of esters is 1. The summed E-state index contributed by atoms with van der Waals surface area (Å²) in [6, 6.07) is 0. The third-order valence-electron chi connectivity index (χ3n) is 1.07. The molecule has 0 saturated carbocycles. The Balaban J connectivity index is 0. The van der Waals surface area contributed by atoms with Crippen molar-refractivity contribution in [1.82, 2.24) is 0 Å². The van der Waals surface area contributed by atoms with E-state index >= 15 is 0 Å². The van der Waals surface area contributed by atoms with Crippen LogP contribution in [0, 0.1) is 0 Å². The molecule has 0 aliphatic carbocycles. The Kier molecular flexibility index (Phi) is 12.4. The maximum absolute atomic E-state index is 10.5. The summed E-state index contributed by atoms with van der Waals surface area (Å²) in [6.07, 6.45) is 1.80. The van der Waals surface area contributed by atoms with Crippen molar-refractivity contribution in [2.24, 2.45) is 0 Å². The van der Waals surface area contributed by atoms with E-state index in [0.29, 0.717) is 6.61 Å². The zero-order valence-corrected chi connectivity index (χ0v) is 9.42. The predicted molar refractivity (Wildman–Crippen MR) is 56.8 cm³/mol. The number of aliphatic hydroxyl groups excluding tert-OH is 2. The van der Waals surface area contributed by atoms with Crippen molar-refractivity contribution in [3.05, 3.63) is 12.2 Å². The third-order valence-corrected chi connectivity index (χ3v) is 1.07. The summed E-state index contributed by atoms with van der Waals surface area (Å²) >= 11 is 0. The van der Waals surface area contributed by atoms with Crippen molar-refractivity contribution in [2.45, 2.75) is 26.4 Å². The fourth-order valence-corrected chi connectivity index (χ4v) is 0.390. The van der Waals surface area contributed by atoms with Gasteiger partial charge in [0.2, 0.25) is 0 Å². The Morgan fingerprint density at radius 3 is 2.19 bits per heavy atom. The summed E-state index contributed by atoms with van der Waals surface area (Å²) in [7, 11) is 0. The summed E-state index contributed by atoms with van der Waals surface area (Å²) in [5.41, 5.74) is 0. The number of aliphatic hydroxyl groups is 2. The molecule has 0 aromatic carbocycles. The van der Waals surface area contributed by atoms with Crippen LogP contribution >= 0.6 is 0 Å². The second kappa shape index (κ2) is 11.7. The molecule has 0 fully saturated rings. The normalized spacial score (nSPS) is 11.5. The zero-order valence-electron chi connectivity index (χ0n) is 9.42. The van der Waals surface area contributed by atoms with Gasteiger partial charge in [0.05, 0.1) is 19.3 Å². The number of hydrogen-bond acceptors (Lipinski definition) is 5. The molecule has 1 unspecified atom stereocenters. The van der Waals surface area contributed by atoms with Crippen LogP contribution in [0.5, 0.6) is 0 Å². The minimum atomic E-state index is -1.15. The number of hydrogen-bond donors (Lipinski definition) is 3. The molecule has 3 N–H and O–H groups in total. The van der Waals surface area contributed by atoms with Gasteiger partial charge in [-0.1, -0.05) is 6.92 Å². The van der Waals surface area contributed by atoms with Crippen LogP contribution in [0.15, 0.2) is 12.2 Å². The predicted octanol–water partition coefficient (Wildman–Crippen LogP) is -0.0601. The first-order chi connectivity index (χ1) is 7.43. The zero-order chi connectivity index (χ0) is 13.0. The standard InChI is InChI=1S/C7H10O4.C3H8O2/c1-2-5-11-7(10)4-3-6(8)9;1-3(5)2-4/h3-4H,2,5H2,1H3,(H,8,9);3-5H,2H2,1H3/b4-3-;. The number of carboxylic acid groups (broad SMARTS) is 1. The number of rotatable bonds is 5. The first-order valence-electron chi connectivity index (χ1n) is 4.80. The van der Waals surface area contributed by atoms with Gasteiger partial charge in [-0.2, -0.15) is 0 Å². The van der Waals surface area contributed by atoms with Gasteiger partial charge in [0.15, 0.2) is 0 Å². The third kappa shape index (κ3) is 18.4. The Morgan fingerprint density at radius 2 is 1.88 bits per heavy atom. The van der Waals surface area contributed by atoms with Gasteiger partial charge in [0, 0.05) is 12.2 Å². The topological polar surface area (TPSA) is 104 Å². The van der Waals surface area contributed by atoms with Crippen molar-refractivity contribution in [1.29, 1.82) is 0 Å². The summed E-state index contributed by atoms with van der Waals surface area (Å²) in [5.74, 6) is -1.77.